The number of primary amides is 1. The number of alkyl halides is 2. The molecule has 90 heavy (non-hydrogen) atoms. The van der Waals surface area contributed by atoms with E-state index in [1.54, 1.807) is 38.1 Å². The number of aromatic nitrogens is 8. The Balaban J connectivity index is 0.803. The molecule has 0 aliphatic carbocycles. The van der Waals surface area contributed by atoms with Crippen molar-refractivity contribution in [2.24, 2.45) is 17.5 Å². The summed E-state index contributed by atoms with van der Waals surface area (Å²) >= 11 is 9.30. The van der Waals surface area contributed by atoms with Gasteiger partial charge in [0.25, 0.3) is 0 Å². The third-order valence-corrected chi connectivity index (χ3v) is 17.4. The van der Waals surface area contributed by atoms with Crippen LogP contribution >= 0.6 is 25.8 Å². The molecule has 7 amide bonds. The number of anilines is 3. The van der Waals surface area contributed by atoms with Crippen molar-refractivity contribution in [2.75, 3.05) is 62.9 Å². The highest BCUT2D eigenvalue weighted by molar-refractivity contribution is 8.44. The molecule has 3 aliphatic rings. The number of nitrogens with one attached hydrogen (secondary N) is 5. The van der Waals surface area contributed by atoms with Crippen molar-refractivity contribution in [3.05, 3.63) is 55.1 Å². The Labute approximate surface area is 522 Å². The van der Waals surface area contributed by atoms with Crippen molar-refractivity contribution in [3.63, 3.8) is 0 Å². The van der Waals surface area contributed by atoms with Crippen molar-refractivity contribution in [2.45, 2.75) is 127 Å². The summed E-state index contributed by atoms with van der Waals surface area (Å²) < 4.78 is 94.0. The molecule has 0 spiro atoms. The van der Waals surface area contributed by atoms with Gasteiger partial charge in [-0.15, -0.1) is 0 Å². The van der Waals surface area contributed by atoms with Gasteiger partial charge in [-0.2, -0.15) is 0 Å². The van der Waals surface area contributed by atoms with Crippen LogP contribution in [-0.4, -0.2) is 180 Å². The summed E-state index contributed by atoms with van der Waals surface area (Å²) in [6.07, 6.45) is -7.98. The average molecular weight is 1340 g/mol. The lowest BCUT2D eigenvalue weighted by Crippen LogP contribution is -2.54. The van der Waals surface area contributed by atoms with Crippen LogP contribution in [0.5, 0.6) is 0 Å². The second-order valence-electron chi connectivity index (χ2n) is 21.1. The molecule has 0 radical (unpaired) electrons. The second-order valence-corrected chi connectivity index (χ2v) is 26.7. The lowest BCUT2D eigenvalue weighted by atomic mass is 10.0. The first kappa shape index (κ1) is 69.0. The molecule has 2 unspecified atom stereocenters. The highest BCUT2D eigenvalue weighted by Crippen LogP contribution is 2.59. The summed E-state index contributed by atoms with van der Waals surface area (Å²) in [5.41, 5.74) is 12.1. The van der Waals surface area contributed by atoms with E-state index in [1.807, 2.05) is 0 Å². The summed E-state index contributed by atoms with van der Waals surface area (Å²) in [7, 11) is 1.40. The Bertz CT molecular complexity index is 3440. The number of fused-ring (bicyclic) bond motifs is 4. The Kier molecular flexibility index (Phi) is 24.1. The SMILES string of the molecule is CC(C)[C@H](NC(=O)CCCCCON)C(=O)N[C@@H](CCCCNC(N)=O)C(=O)Nc1ccc(COC(=O)N(C)CCOC(=O)Nc2ncnc3c2ncn3[C@@H]2O[C@@H]3COP(O)(=S)O[C@H]4[C@@H](F)[C@H](n5cnc6c(N)ncnc65)O[C@@H]4COP(=O)(S)O[C@H]3[C@H]2F)cc1. The minimum atomic E-state index is -4.56. The lowest BCUT2D eigenvalue weighted by molar-refractivity contribution is -0.132. The standard InChI is InChI=1S/C50H69F2N17O17P2S2/c1-26(2)35(65-32(70)10-5-4-8-17-80-55)45(72)64-29(9-6-7-15-56-48(54)73)44(71)63-28-13-11-27(12-14-28)19-79-50(75)67(3)16-18-78-49(74)66-41-37-43(60-23-58-41)69(25-62-37)47-34(52)39-31(84-47)21-82-87(76,89)85-38-30(20-81-88(77,90)86-39)83-46(33(38)51)68-24-61-36-40(53)57-22-59-42(36)68/h11-14,22-26,29-31,33-35,38-39,46-47H,4-10,15-21,55H2,1-3H3,(H,63,71)(H,64,72)(H,65,70)(H,76,89)(H,77,90)(H2,53,57,59)(H3,54,56,73)(H,58,60,66,74)/t29-,30+,31+,33+,34+,35-,38+,39+,46+,47+,87?,88?/m0/s1. The number of rotatable bonds is 25. The van der Waals surface area contributed by atoms with E-state index in [1.165, 1.54) is 17.9 Å². The Hall–Kier alpha value is -6.93. The maximum absolute atomic E-state index is 16.7. The highest BCUT2D eigenvalue weighted by atomic mass is 32.7. The number of urea groups is 1. The minimum absolute atomic E-state index is 0.0118. The van der Waals surface area contributed by atoms with Crippen LogP contribution in [0.15, 0.2) is 49.6 Å². The van der Waals surface area contributed by atoms with Gasteiger partial charge in [-0.05, 0) is 67.5 Å². The van der Waals surface area contributed by atoms with E-state index in [-0.39, 0.29) is 84.9 Å². The van der Waals surface area contributed by atoms with E-state index < -0.39 is 118 Å². The average Bonchev–Trinajstić information content (AvgIpc) is 1.63. The van der Waals surface area contributed by atoms with Gasteiger partial charge in [0, 0.05) is 25.7 Å². The number of thiol groups is 1. The monoisotopic (exact) mass is 1340 g/mol. The molecule has 492 valence electrons. The molecule has 5 aromatic rings. The molecular formula is C50H69F2N17O17P2S2. The van der Waals surface area contributed by atoms with Crippen LogP contribution in [0, 0.1) is 5.92 Å². The molecule has 3 fully saturated rings. The Morgan fingerprint density at radius 3 is 2.13 bits per heavy atom. The Morgan fingerprint density at radius 1 is 0.822 bits per heavy atom. The highest BCUT2D eigenvalue weighted by Gasteiger charge is 2.54. The Morgan fingerprint density at radius 2 is 1.47 bits per heavy atom. The predicted octanol–water partition coefficient (Wildman–Crippen LogP) is 3.46. The summed E-state index contributed by atoms with van der Waals surface area (Å²) in [4.78, 5) is 119. The van der Waals surface area contributed by atoms with Crippen molar-refractivity contribution in [1.29, 1.82) is 0 Å². The van der Waals surface area contributed by atoms with Crippen molar-refractivity contribution < 1.29 is 88.9 Å². The number of nitrogens with two attached hydrogens (primary N) is 3. The number of amides is 7. The topological polar surface area (TPSA) is 451 Å². The van der Waals surface area contributed by atoms with Crippen LogP contribution in [0.3, 0.4) is 0 Å². The van der Waals surface area contributed by atoms with Crippen molar-refractivity contribution in [3.8, 4) is 0 Å². The van der Waals surface area contributed by atoms with E-state index in [4.69, 9.17) is 66.2 Å². The number of benzene rings is 1. The zero-order valence-electron chi connectivity index (χ0n) is 48.6. The van der Waals surface area contributed by atoms with E-state index in [2.05, 4.69) is 73.6 Å². The second kappa shape index (κ2) is 31.4. The fraction of sp³-hybridized carbons (Fsp3) is 0.560. The number of likely N-dealkylation sites (N-methyl/N-ethyl adjacent to an activating group) is 1. The molecule has 0 bridgehead atoms. The minimum Gasteiger partial charge on any atom is -0.447 e. The molecule has 7 heterocycles. The molecular weight excluding hydrogens is 1270 g/mol. The summed E-state index contributed by atoms with van der Waals surface area (Å²) in [5, 5.41) is 13.2. The van der Waals surface area contributed by atoms with E-state index in [0.717, 1.165) is 28.4 Å². The summed E-state index contributed by atoms with van der Waals surface area (Å²) in [6.45, 7) is -6.95. The quantitative estimate of drug-likeness (QED) is 0.0173. The normalized spacial score (nSPS) is 25.0. The third-order valence-electron chi connectivity index (χ3n) is 14.2. The largest absolute Gasteiger partial charge is 0.447 e. The number of unbranched alkanes of at least 4 members (excludes halogenated alkanes) is 3. The first-order valence-corrected chi connectivity index (χ1v) is 33.4. The van der Waals surface area contributed by atoms with E-state index >= 15 is 8.78 Å². The van der Waals surface area contributed by atoms with E-state index in [0.29, 0.717) is 50.0 Å². The number of imidazole rings is 2. The summed E-state index contributed by atoms with van der Waals surface area (Å²) in [5.74, 6) is 3.16. The van der Waals surface area contributed by atoms with Crippen LogP contribution in [0.25, 0.3) is 22.3 Å². The maximum atomic E-state index is 16.7. The van der Waals surface area contributed by atoms with E-state index in [9.17, 15) is 38.2 Å². The number of ether oxygens (including phenoxy) is 4. The smallest absolute Gasteiger partial charge is 0.412 e. The number of hydrogen-bond donors (Lipinski definition) is 10. The lowest BCUT2D eigenvalue weighted by Gasteiger charge is -2.29. The predicted molar refractivity (Wildman–Crippen MR) is 319 cm³/mol. The molecule has 3 saturated heterocycles. The summed E-state index contributed by atoms with van der Waals surface area (Å²) in [6, 6.07) is 3.70. The first-order chi connectivity index (χ1) is 42.9. The number of carbonyl (C=O) groups excluding carboxylic acids is 6. The molecule has 40 heteroatoms. The molecule has 12 atom stereocenters. The number of carbonyl (C=O) groups is 6. The molecule has 0 saturated carbocycles. The third kappa shape index (κ3) is 18.2. The van der Waals surface area contributed by atoms with Gasteiger partial charge < -0.3 is 70.8 Å². The number of hydrogen-bond acceptors (Lipinski definition) is 25. The fourth-order valence-corrected chi connectivity index (χ4v) is 12.5. The van der Waals surface area contributed by atoms with Crippen LogP contribution in [0.1, 0.15) is 76.8 Å². The van der Waals surface area contributed by atoms with Gasteiger partial charge in [0.1, 0.15) is 67.9 Å². The molecule has 3 aliphatic heterocycles. The molecule has 34 nitrogen and oxygen atoms in total. The number of nitrogen functional groups attached to an aromatic ring is 1. The van der Waals surface area contributed by atoms with Crippen molar-refractivity contribution >= 4 is 113 Å². The van der Waals surface area contributed by atoms with Gasteiger partial charge in [0.15, 0.2) is 53.2 Å². The van der Waals surface area contributed by atoms with Gasteiger partial charge in [0.05, 0.1) is 39.0 Å². The molecule has 8 rings (SSSR count). The zero-order valence-corrected chi connectivity index (χ0v) is 52.1. The van der Waals surface area contributed by atoms with Crippen molar-refractivity contribution in [1.82, 2.24) is 59.9 Å². The zero-order chi connectivity index (χ0) is 64.9. The van der Waals surface area contributed by atoms with Gasteiger partial charge in [-0.25, -0.2) is 63.5 Å². The molecule has 4 aromatic heterocycles. The number of halogens is 2. The van der Waals surface area contributed by atoms with Gasteiger partial charge in [-0.3, -0.25) is 42.4 Å². The van der Waals surface area contributed by atoms with Crippen LogP contribution in [0.4, 0.5) is 40.5 Å². The molecule has 12 N–H and O–H groups in total. The van der Waals surface area contributed by atoms with Crippen LogP contribution < -0.4 is 43.9 Å². The van der Waals surface area contributed by atoms with Crippen LogP contribution in [0.2, 0.25) is 0 Å². The maximum Gasteiger partial charge on any atom is 0.412 e. The van der Waals surface area contributed by atoms with Gasteiger partial charge >= 0.3 is 31.7 Å². The van der Waals surface area contributed by atoms with Crippen LogP contribution in [-0.2, 0) is 79.2 Å². The van der Waals surface area contributed by atoms with Gasteiger partial charge in [-0.1, -0.05) is 44.6 Å². The van der Waals surface area contributed by atoms with Gasteiger partial charge in [0.2, 0.25) is 17.7 Å². The molecule has 1 aromatic carbocycles. The fourth-order valence-electron chi connectivity index (χ4n) is 9.56. The first-order valence-electron chi connectivity index (χ1n) is 28.1. The number of nitrogens with zero attached hydrogens (tertiary/aromatic N) is 9.